The standard InChI is InChI=1S/C20H17BrFNO4/c1-13(25)27-17-3-5-20-15(10-17)9-16(6-7-26-12-24)23(20)11-14-2-4-18(21)19(22)8-14/h2-5,8-10,12H,6-7,11H2,1H3. The molecule has 27 heavy (non-hydrogen) atoms. The van der Waals surface area contributed by atoms with E-state index < -0.39 is 5.97 Å². The second-order valence-electron chi connectivity index (χ2n) is 6.00. The monoisotopic (exact) mass is 433 g/mol. The second kappa shape index (κ2) is 8.35. The van der Waals surface area contributed by atoms with Crippen molar-refractivity contribution in [2.45, 2.75) is 19.9 Å². The van der Waals surface area contributed by atoms with Gasteiger partial charge in [0, 0.05) is 36.5 Å². The van der Waals surface area contributed by atoms with Crippen molar-refractivity contribution >= 4 is 39.3 Å². The molecule has 3 aromatic rings. The van der Waals surface area contributed by atoms with Gasteiger partial charge in [-0.05, 0) is 57.9 Å². The number of carbonyl (C=O) groups excluding carboxylic acids is 2. The lowest BCUT2D eigenvalue weighted by molar-refractivity contribution is -0.132. The summed E-state index contributed by atoms with van der Waals surface area (Å²) in [4.78, 5) is 21.6. The number of hydrogen-bond donors (Lipinski definition) is 0. The molecule has 0 amide bonds. The smallest absolute Gasteiger partial charge is 0.308 e. The number of ether oxygens (including phenoxy) is 2. The molecule has 2 aromatic carbocycles. The molecule has 0 aliphatic heterocycles. The summed E-state index contributed by atoms with van der Waals surface area (Å²) in [5.41, 5.74) is 2.64. The number of carbonyl (C=O) groups is 2. The van der Waals surface area contributed by atoms with Crippen LogP contribution in [0.1, 0.15) is 18.2 Å². The number of halogens is 2. The lowest BCUT2D eigenvalue weighted by Gasteiger charge is -2.12. The van der Waals surface area contributed by atoms with Gasteiger partial charge in [-0.2, -0.15) is 0 Å². The van der Waals surface area contributed by atoms with Crippen LogP contribution in [0.2, 0.25) is 0 Å². The van der Waals surface area contributed by atoms with Crippen LogP contribution in [0.3, 0.4) is 0 Å². The lowest BCUT2D eigenvalue weighted by atomic mass is 10.2. The molecule has 1 aromatic heterocycles. The molecule has 5 nitrogen and oxygen atoms in total. The maximum Gasteiger partial charge on any atom is 0.308 e. The number of fused-ring (bicyclic) bond motifs is 1. The number of hydrogen-bond acceptors (Lipinski definition) is 4. The van der Waals surface area contributed by atoms with E-state index in [1.807, 2.05) is 22.8 Å². The molecule has 140 valence electrons. The first-order chi connectivity index (χ1) is 13.0. The van der Waals surface area contributed by atoms with Crippen molar-refractivity contribution in [2.75, 3.05) is 6.61 Å². The van der Waals surface area contributed by atoms with Crippen LogP contribution in [0.4, 0.5) is 4.39 Å². The van der Waals surface area contributed by atoms with Crippen molar-refractivity contribution in [3.63, 3.8) is 0 Å². The van der Waals surface area contributed by atoms with Crippen LogP contribution in [-0.2, 0) is 27.3 Å². The number of benzene rings is 2. The molecule has 3 rings (SSSR count). The number of nitrogens with zero attached hydrogens (tertiary/aromatic N) is 1. The van der Waals surface area contributed by atoms with Crippen LogP contribution in [-0.4, -0.2) is 23.6 Å². The molecule has 7 heteroatoms. The maximum absolute atomic E-state index is 13.9. The van der Waals surface area contributed by atoms with Gasteiger partial charge in [0.25, 0.3) is 6.47 Å². The fourth-order valence-electron chi connectivity index (χ4n) is 2.96. The maximum atomic E-state index is 13.9. The van der Waals surface area contributed by atoms with Crippen LogP contribution in [0.5, 0.6) is 5.75 Å². The minimum atomic E-state index is -0.390. The fraction of sp³-hybridized carbons (Fsp3) is 0.200. The highest BCUT2D eigenvalue weighted by Gasteiger charge is 2.12. The predicted molar refractivity (Wildman–Crippen MR) is 102 cm³/mol. The van der Waals surface area contributed by atoms with Crippen molar-refractivity contribution in [3.8, 4) is 5.75 Å². The topological polar surface area (TPSA) is 57.5 Å². The van der Waals surface area contributed by atoms with Gasteiger partial charge in [-0.1, -0.05) is 6.07 Å². The van der Waals surface area contributed by atoms with Gasteiger partial charge in [-0.25, -0.2) is 4.39 Å². The zero-order valence-corrected chi connectivity index (χ0v) is 16.2. The first kappa shape index (κ1) is 19.1. The summed E-state index contributed by atoms with van der Waals surface area (Å²) in [6.45, 7) is 2.46. The lowest BCUT2D eigenvalue weighted by Crippen LogP contribution is -2.07. The minimum Gasteiger partial charge on any atom is -0.467 e. The van der Waals surface area contributed by atoms with E-state index in [1.165, 1.54) is 13.0 Å². The summed E-state index contributed by atoms with van der Waals surface area (Å²) in [5.74, 6) is -0.261. The predicted octanol–water partition coefficient (Wildman–Crippen LogP) is 4.23. The Morgan fingerprint density at radius 1 is 1.22 bits per heavy atom. The van der Waals surface area contributed by atoms with Gasteiger partial charge in [-0.3, -0.25) is 9.59 Å². The summed E-state index contributed by atoms with van der Waals surface area (Å²) in [6, 6.07) is 12.3. The van der Waals surface area contributed by atoms with E-state index in [4.69, 9.17) is 9.47 Å². The first-order valence-electron chi connectivity index (χ1n) is 8.27. The molecular weight excluding hydrogens is 417 g/mol. The zero-order chi connectivity index (χ0) is 19.4. The molecule has 0 unspecified atom stereocenters. The number of aromatic nitrogens is 1. The third kappa shape index (κ3) is 4.54. The Bertz CT molecular complexity index is 999. The van der Waals surface area contributed by atoms with E-state index in [0.29, 0.717) is 29.7 Å². The van der Waals surface area contributed by atoms with E-state index in [0.717, 1.165) is 22.2 Å². The molecule has 0 radical (unpaired) electrons. The van der Waals surface area contributed by atoms with Gasteiger partial charge in [0.1, 0.15) is 11.6 Å². The molecule has 0 N–H and O–H groups in total. The van der Waals surface area contributed by atoms with Gasteiger partial charge in [0.15, 0.2) is 0 Å². The first-order valence-corrected chi connectivity index (χ1v) is 9.07. The van der Waals surface area contributed by atoms with Crippen LogP contribution >= 0.6 is 15.9 Å². The summed E-state index contributed by atoms with van der Waals surface area (Å²) in [5, 5.41) is 0.882. The Morgan fingerprint density at radius 3 is 2.74 bits per heavy atom. The Kier molecular flexibility index (Phi) is 5.91. The normalized spacial score (nSPS) is 10.8. The van der Waals surface area contributed by atoms with E-state index >= 15 is 0 Å². The summed E-state index contributed by atoms with van der Waals surface area (Å²) < 4.78 is 26.3. The van der Waals surface area contributed by atoms with Crippen LogP contribution in [0.15, 0.2) is 46.9 Å². The molecular formula is C20H17BrFNO4. The third-order valence-electron chi connectivity index (χ3n) is 4.09. The van der Waals surface area contributed by atoms with Crippen molar-refractivity contribution in [2.24, 2.45) is 0 Å². The van der Waals surface area contributed by atoms with E-state index in [2.05, 4.69) is 15.9 Å². The molecule has 0 saturated carbocycles. The highest BCUT2D eigenvalue weighted by atomic mass is 79.9. The summed E-state index contributed by atoms with van der Waals surface area (Å²) in [7, 11) is 0. The van der Waals surface area contributed by atoms with Gasteiger partial charge in [0.05, 0.1) is 11.1 Å². The van der Waals surface area contributed by atoms with Crippen LogP contribution in [0, 0.1) is 5.82 Å². The molecule has 0 saturated heterocycles. The molecule has 1 heterocycles. The molecule has 0 bridgehead atoms. The van der Waals surface area contributed by atoms with E-state index in [-0.39, 0.29) is 12.4 Å². The van der Waals surface area contributed by atoms with Gasteiger partial charge < -0.3 is 14.0 Å². The Hall–Kier alpha value is -2.67. The van der Waals surface area contributed by atoms with Crippen LogP contribution < -0.4 is 4.74 Å². The number of rotatable bonds is 7. The van der Waals surface area contributed by atoms with Crippen molar-refractivity contribution in [1.29, 1.82) is 0 Å². The zero-order valence-electron chi connectivity index (χ0n) is 14.6. The van der Waals surface area contributed by atoms with E-state index in [9.17, 15) is 14.0 Å². The Balaban J connectivity index is 2.00. The SMILES string of the molecule is CC(=O)Oc1ccc2c(c1)cc(CCOC=O)n2Cc1ccc(Br)c(F)c1. The highest BCUT2D eigenvalue weighted by Crippen LogP contribution is 2.27. The number of esters is 1. The van der Waals surface area contributed by atoms with Crippen molar-refractivity contribution < 1.29 is 23.5 Å². The Morgan fingerprint density at radius 2 is 2.04 bits per heavy atom. The Labute approximate surface area is 163 Å². The minimum absolute atomic E-state index is 0.241. The molecule has 0 aliphatic carbocycles. The van der Waals surface area contributed by atoms with Gasteiger partial charge in [0.2, 0.25) is 0 Å². The van der Waals surface area contributed by atoms with Crippen LogP contribution in [0.25, 0.3) is 10.9 Å². The summed E-state index contributed by atoms with van der Waals surface area (Å²) >= 11 is 3.16. The average Bonchev–Trinajstić information content (AvgIpc) is 2.95. The van der Waals surface area contributed by atoms with Crippen molar-refractivity contribution in [1.82, 2.24) is 4.57 Å². The average molecular weight is 434 g/mol. The molecule has 0 aliphatic rings. The van der Waals surface area contributed by atoms with Crippen molar-refractivity contribution in [3.05, 3.63) is 64.0 Å². The largest absolute Gasteiger partial charge is 0.467 e. The molecule has 0 fully saturated rings. The molecule has 0 spiro atoms. The highest BCUT2D eigenvalue weighted by molar-refractivity contribution is 9.10. The summed E-state index contributed by atoms with van der Waals surface area (Å²) in [6.07, 6.45) is 0.509. The second-order valence-corrected chi connectivity index (χ2v) is 6.86. The van der Waals surface area contributed by atoms with E-state index in [1.54, 1.807) is 18.2 Å². The van der Waals surface area contributed by atoms with Gasteiger partial charge in [-0.15, -0.1) is 0 Å². The molecule has 0 atom stereocenters. The fourth-order valence-corrected chi connectivity index (χ4v) is 3.21. The third-order valence-corrected chi connectivity index (χ3v) is 4.73. The quantitative estimate of drug-likeness (QED) is 0.242. The van der Waals surface area contributed by atoms with Gasteiger partial charge >= 0.3 is 5.97 Å².